The molecule has 2 aromatic heterocycles. The third-order valence-corrected chi connectivity index (χ3v) is 5.93. The lowest BCUT2D eigenvalue weighted by atomic mass is 10.00. The minimum absolute atomic E-state index is 0.0760. The number of pyridine rings is 1. The van der Waals surface area contributed by atoms with Gasteiger partial charge in [-0.1, -0.05) is 38.1 Å². The molecule has 0 bridgehead atoms. The van der Waals surface area contributed by atoms with Gasteiger partial charge in [-0.05, 0) is 64.0 Å². The molecular weight excluding hydrogens is 435 g/mol. The van der Waals surface area contributed by atoms with Gasteiger partial charge in [-0.25, -0.2) is 9.07 Å². The zero-order valence-electron chi connectivity index (χ0n) is 19.6. The fourth-order valence-corrected chi connectivity index (χ4v) is 4.32. The quantitative estimate of drug-likeness (QED) is 0.395. The first-order valence-corrected chi connectivity index (χ1v) is 11.3. The van der Waals surface area contributed by atoms with Crippen LogP contribution in [0.1, 0.15) is 42.4 Å². The molecule has 0 spiro atoms. The van der Waals surface area contributed by atoms with Crippen LogP contribution in [-0.4, -0.2) is 48.3 Å². The van der Waals surface area contributed by atoms with Gasteiger partial charge in [0.05, 0.1) is 19.2 Å². The number of aromatic nitrogens is 5. The number of nitrogens with zero attached hydrogens (tertiary/aromatic N) is 5. The zero-order chi connectivity index (χ0) is 24.2. The van der Waals surface area contributed by atoms with Crippen LogP contribution in [0.5, 0.6) is 0 Å². The van der Waals surface area contributed by atoms with Crippen molar-refractivity contribution in [2.24, 2.45) is 5.92 Å². The average molecular weight is 465 g/mol. The molecule has 2 aromatic carbocycles. The number of aliphatic hydroxyl groups is 1. The molecule has 0 radical (unpaired) electrons. The van der Waals surface area contributed by atoms with Gasteiger partial charge in [0.25, 0.3) is 5.56 Å². The van der Waals surface area contributed by atoms with Crippen molar-refractivity contribution in [2.75, 3.05) is 13.2 Å². The van der Waals surface area contributed by atoms with E-state index in [0.717, 1.165) is 22.0 Å². The standard InChI is InChI=1S/C25H29FN6O2/c1-16(2)23(24-28-29-30-32(24)14-18-5-8-21(26)9-6-18)31(10-11-33)15-20-13-19-7-4-17(3)12-22(19)27-25(20)34/h4-9,12-13,16,23,33H,10-11,14-15H2,1-3H3,(H,27,34). The van der Waals surface area contributed by atoms with Gasteiger partial charge in [0.2, 0.25) is 0 Å². The van der Waals surface area contributed by atoms with Crippen molar-refractivity contribution >= 4 is 10.9 Å². The predicted octanol–water partition coefficient (Wildman–Crippen LogP) is 3.20. The van der Waals surface area contributed by atoms with E-state index in [1.807, 2.05) is 36.1 Å². The number of benzene rings is 2. The number of hydrogen-bond donors (Lipinski definition) is 2. The van der Waals surface area contributed by atoms with Crippen molar-refractivity contribution in [3.8, 4) is 0 Å². The largest absolute Gasteiger partial charge is 0.395 e. The number of aryl methyl sites for hydroxylation is 1. The van der Waals surface area contributed by atoms with E-state index in [9.17, 15) is 14.3 Å². The molecule has 2 N–H and O–H groups in total. The molecule has 178 valence electrons. The summed E-state index contributed by atoms with van der Waals surface area (Å²) in [4.78, 5) is 17.9. The normalized spacial score (nSPS) is 12.7. The molecule has 0 fully saturated rings. The highest BCUT2D eigenvalue weighted by Crippen LogP contribution is 2.28. The fourth-order valence-electron chi connectivity index (χ4n) is 4.32. The van der Waals surface area contributed by atoms with E-state index in [-0.39, 0.29) is 29.9 Å². The van der Waals surface area contributed by atoms with E-state index in [2.05, 4.69) is 34.4 Å². The van der Waals surface area contributed by atoms with E-state index in [1.54, 1.807) is 16.8 Å². The summed E-state index contributed by atoms with van der Waals surface area (Å²) in [5.41, 5.74) is 3.19. The number of tetrazole rings is 1. The van der Waals surface area contributed by atoms with Crippen molar-refractivity contribution in [3.05, 3.63) is 87.2 Å². The molecule has 4 rings (SSSR count). The Kier molecular flexibility index (Phi) is 7.14. The lowest BCUT2D eigenvalue weighted by Crippen LogP contribution is -2.37. The molecule has 1 unspecified atom stereocenters. The number of H-pyrrole nitrogens is 1. The highest BCUT2D eigenvalue weighted by Gasteiger charge is 2.29. The highest BCUT2D eigenvalue weighted by molar-refractivity contribution is 5.79. The van der Waals surface area contributed by atoms with Gasteiger partial charge in [-0.15, -0.1) is 5.10 Å². The first kappa shape index (κ1) is 23.7. The van der Waals surface area contributed by atoms with Crippen LogP contribution in [0.3, 0.4) is 0 Å². The van der Waals surface area contributed by atoms with Gasteiger partial charge >= 0.3 is 0 Å². The second kappa shape index (κ2) is 10.2. The summed E-state index contributed by atoms with van der Waals surface area (Å²) in [5.74, 6) is 0.415. The fraction of sp³-hybridized carbons (Fsp3) is 0.360. The summed E-state index contributed by atoms with van der Waals surface area (Å²) in [6.45, 7) is 7.07. The van der Waals surface area contributed by atoms with Crippen LogP contribution in [0.2, 0.25) is 0 Å². The first-order valence-electron chi connectivity index (χ1n) is 11.3. The van der Waals surface area contributed by atoms with Gasteiger partial charge in [-0.3, -0.25) is 9.69 Å². The molecule has 2 heterocycles. The third-order valence-electron chi connectivity index (χ3n) is 5.93. The molecule has 0 saturated carbocycles. The highest BCUT2D eigenvalue weighted by atomic mass is 19.1. The van der Waals surface area contributed by atoms with Crippen molar-refractivity contribution in [1.29, 1.82) is 0 Å². The molecule has 1 atom stereocenters. The Balaban J connectivity index is 1.67. The monoisotopic (exact) mass is 464 g/mol. The summed E-state index contributed by atoms with van der Waals surface area (Å²) < 4.78 is 15.0. The van der Waals surface area contributed by atoms with E-state index in [0.29, 0.717) is 31.0 Å². The third kappa shape index (κ3) is 5.21. The molecule has 8 nitrogen and oxygen atoms in total. The Morgan fingerprint density at radius 1 is 1.15 bits per heavy atom. The second-order valence-electron chi connectivity index (χ2n) is 8.92. The lowest BCUT2D eigenvalue weighted by molar-refractivity contribution is 0.106. The number of hydrogen-bond acceptors (Lipinski definition) is 6. The lowest BCUT2D eigenvalue weighted by Gasteiger charge is -2.33. The van der Waals surface area contributed by atoms with Crippen LogP contribution in [0, 0.1) is 18.7 Å². The molecular formula is C25H29FN6O2. The van der Waals surface area contributed by atoms with Crippen LogP contribution in [0.25, 0.3) is 10.9 Å². The summed E-state index contributed by atoms with van der Waals surface area (Å²) in [6.07, 6.45) is 0. The van der Waals surface area contributed by atoms with Crippen LogP contribution in [-0.2, 0) is 13.1 Å². The molecule has 0 aliphatic rings. The van der Waals surface area contributed by atoms with Crippen LogP contribution in [0.15, 0.2) is 53.3 Å². The van der Waals surface area contributed by atoms with E-state index in [4.69, 9.17) is 0 Å². The summed E-state index contributed by atoms with van der Waals surface area (Å²) >= 11 is 0. The smallest absolute Gasteiger partial charge is 0.252 e. The van der Waals surface area contributed by atoms with E-state index >= 15 is 0 Å². The Morgan fingerprint density at radius 3 is 2.62 bits per heavy atom. The van der Waals surface area contributed by atoms with Crippen molar-refractivity contribution in [3.63, 3.8) is 0 Å². The van der Waals surface area contributed by atoms with Gasteiger partial charge in [0.1, 0.15) is 5.82 Å². The maximum atomic E-state index is 13.3. The predicted molar refractivity (Wildman–Crippen MR) is 128 cm³/mol. The molecule has 9 heteroatoms. The molecule has 0 aliphatic carbocycles. The van der Waals surface area contributed by atoms with Gasteiger partial charge in [-0.2, -0.15) is 0 Å². The maximum Gasteiger partial charge on any atom is 0.252 e. The molecule has 0 aliphatic heterocycles. The number of nitrogens with one attached hydrogen (secondary N) is 1. The van der Waals surface area contributed by atoms with Crippen LogP contribution < -0.4 is 5.56 Å². The van der Waals surface area contributed by atoms with Gasteiger partial charge < -0.3 is 10.1 Å². The first-order chi connectivity index (χ1) is 16.4. The van der Waals surface area contributed by atoms with Gasteiger partial charge in [0.15, 0.2) is 5.82 Å². The number of rotatable bonds is 9. The van der Waals surface area contributed by atoms with Crippen molar-refractivity contribution in [1.82, 2.24) is 30.1 Å². The number of fused-ring (bicyclic) bond motifs is 1. The topological polar surface area (TPSA) is 99.9 Å². The summed E-state index contributed by atoms with van der Waals surface area (Å²) in [6, 6.07) is 13.8. The van der Waals surface area contributed by atoms with Gasteiger partial charge in [0, 0.05) is 24.2 Å². The number of aliphatic hydroxyl groups excluding tert-OH is 1. The molecule has 4 aromatic rings. The Morgan fingerprint density at radius 2 is 1.91 bits per heavy atom. The minimum atomic E-state index is -0.300. The Hall–Kier alpha value is -3.43. The average Bonchev–Trinajstić information content (AvgIpc) is 3.23. The summed E-state index contributed by atoms with van der Waals surface area (Å²) in [5, 5.41) is 23.1. The second-order valence-corrected chi connectivity index (χ2v) is 8.92. The maximum absolute atomic E-state index is 13.3. The van der Waals surface area contributed by atoms with Crippen LogP contribution >= 0.6 is 0 Å². The Bertz CT molecular complexity index is 1320. The van der Waals surface area contributed by atoms with Crippen molar-refractivity contribution in [2.45, 2.75) is 39.9 Å². The SMILES string of the molecule is Cc1ccc2cc(CN(CCO)C(c3nnnn3Cc3ccc(F)cc3)C(C)C)c(=O)[nH]c2c1. The van der Waals surface area contributed by atoms with Crippen molar-refractivity contribution < 1.29 is 9.50 Å². The number of halogens is 1. The molecule has 0 saturated heterocycles. The summed E-state index contributed by atoms with van der Waals surface area (Å²) in [7, 11) is 0. The van der Waals surface area contributed by atoms with E-state index < -0.39 is 0 Å². The molecule has 0 amide bonds. The van der Waals surface area contributed by atoms with Crippen LogP contribution in [0.4, 0.5) is 4.39 Å². The Labute approximate surface area is 197 Å². The minimum Gasteiger partial charge on any atom is -0.395 e. The van der Waals surface area contributed by atoms with E-state index in [1.165, 1.54) is 12.1 Å². The zero-order valence-corrected chi connectivity index (χ0v) is 19.6. The molecule has 34 heavy (non-hydrogen) atoms. The number of aromatic amines is 1.